The number of hydrogen-bond donors (Lipinski definition) is 1. The van der Waals surface area contributed by atoms with Crippen LogP contribution in [0.1, 0.15) is 0 Å². The molecule has 0 saturated carbocycles. The van der Waals surface area contributed by atoms with E-state index in [-0.39, 0.29) is 0 Å². The van der Waals surface area contributed by atoms with E-state index in [0.29, 0.717) is 0 Å². The summed E-state index contributed by atoms with van der Waals surface area (Å²) in [6, 6.07) is 4.46. The Kier molecular flexibility index (Phi) is 2.36. The molecule has 0 atom stereocenters. The summed E-state index contributed by atoms with van der Waals surface area (Å²) in [6.45, 7) is 0. The average molecular weight is 318 g/mol. The first-order valence-electron chi connectivity index (χ1n) is 4.26. The van der Waals surface area contributed by atoms with Crippen molar-refractivity contribution in [2.75, 3.05) is 5.73 Å². The predicted molar refractivity (Wildman–Crippen MR) is 67.1 cm³/mol. The van der Waals surface area contributed by atoms with Crippen molar-refractivity contribution in [1.29, 1.82) is 0 Å². The second kappa shape index (κ2) is 3.14. The van der Waals surface area contributed by atoms with E-state index in [4.69, 9.17) is 5.73 Å². The molecule has 2 aromatic rings. The molecule has 0 aliphatic rings. The molecule has 0 bridgehead atoms. The zero-order valence-corrected chi connectivity index (χ0v) is 12.5. The number of hydrogen-bond acceptors (Lipinski definition) is 3. The fourth-order valence-corrected chi connectivity index (χ4v) is 8.97. The number of anilines is 1. The van der Waals surface area contributed by atoms with Gasteiger partial charge in [0.25, 0.3) is 0 Å². The van der Waals surface area contributed by atoms with Crippen LogP contribution in [-0.4, -0.2) is 18.4 Å². The molecule has 70 valence electrons. The van der Waals surface area contributed by atoms with Gasteiger partial charge in [0.1, 0.15) is 0 Å². The first kappa shape index (κ1) is 9.80. The van der Waals surface area contributed by atoms with Gasteiger partial charge in [-0.2, -0.15) is 0 Å². The number of nitrogens with two attached hydrogens (primary N) is 1. The molecule has 2 heterocycles. The fraction of sp³-hybridized carbons (Fsp3) is 0.333. The molecule has 0 aliphatic heterocycles. The quantitative estimate of drug-likeness (QED) is 0.804. The maximum absolute atomic E-state index is 5.74. The van der Waals surface area contributed by atoms with E-state index in [2.05, 4.69) is 27.0 Å². The second-order valence-corrected chi connectivity index (χ2v) is 21.9. The number of nitrogen functional groups attached to an aromatic ring is 1. The molecule has 0 aromatic carbocycles. The number of fused-ring (bicyclic) bond motifs is 1. The first-order valence-corrected chi connectivity index (χ1v) is 15.9. The molecule has 0 amide bonds. The van der Waals surface area contributed by atoms with Gasteiger partial charge >= 0.3 is 91.0 Å². The van der Waals surface area contributed by atoms with Crippen LogP contribution in [0.15, 0.2) is 12.1 Å². The van der Waals surface area contributed by atoms with E-state index in [1.54, 1.807) is 14.2 Å². The predicted octanol–water partition coefficient (Wildman–Crippen LogP) is 3.09. The minimum absolute atomic E-state index is 0.942. The molecule has 2 N–H and O–H groups in total. The van der Waals surface area contributed by atoms with E-state index >= 15 is 0 Å². The van der Waals surface area contributed by atoms with E-state index < -0.39 is 18.4 Å². The van der Waals surface area contributed by atoms with Crippen molar-refractivity contribution in [3.05, 3.63) is 12.1 Å². The third-order valence-corrected chi connectivity index (χ3v) is 13.5. The minimum atomic E-state index is -1.82. The fourth-order valence-electron chi connectivity index (χ4n) is 1.22. The summed E-state index contributed by atoms with van der Waals surface area (Å²) in [7, 11) is 0. The summed E-state index contributed by atoms with van der Waals surface area (Å²) in [5.74, 6) is 0. The van der Waals surface area contributed by atoms with Gasteiger partial charge in [0.05, 0.1) is 0 Å². The van der Waals surface area contributed by atoms with Crippen molar-refractivity contribution in [1.82, 2.24) is 0 Å². The summed E-state index contributed by atoms with van der Waals surface area (Å²) in [4.78, 5) is 7.36. The van der Waals surface area contributed by atoms with Gasteiger partial charge in [0.15, 0.2) is 0 Å². The average Bonchev–Trinajstić information content (AvgIpc) is 2.40. The van der Waals surface area contributed by atoms with Crippen LogP contribution in [-0.2, 0) is 0 Å². The van der Waals surface area contributed by atoms with Crippen LogP contribution in [0.2, 0.25) is 14.8 Å². The van der Waals surface area contributed by atoms with Crippen LogP contribution >= 0.6 is 22.7 Å². The second-order valence-electron chi connectivity index (χ2n) is 4.24. The number of rotatable bonds is 1. The first-order chi connectivity index (χ1) is 5.97. The zero-order chi connectivity index (χ0) is 9.64. The molecule has 13 heavy (non-hydrogen) atoms. The van der Waals surface area contributed by atoms with Crippen molar-refractivity contribution in [2.45, 2.75) is 14.8 Å². The molecule has 0 radical (unpaired) electrons. The van der Waals surface area contributed by atoms with Gasteiger partial charge in [-0.25, -0.2) is 0 Å². The molecule has 2 rings (SSSR count). The van der Waals surface area contributed by atoms with Crippen LogP contribution in [0.5, 0.6) is 0 Å². The SMILES string of the molecule is [CH3][Sn]([CH3])([CH3])[c]1cc2sc(N)cc2s1. The van der Waals surface area contributed by atoms with Crippen LogP contribution in [0, 0.1) is 0 Å². The summed E-state index contributed by atoms with van der Waals surface area (Å²) in [5, 5.41) is 0.942. The Bertz CT molecular complexity index is 404. The standard InChI is InChI=1S/C6H4NS2.3CH3.Sn/c7-6-3-5-4(9-6)1-2-8-5;;;;/h1,3H,7H2;3*1H3;. The normalized spacial score (nSPS) is 12.5. The van der Waals surface area contributed by atoms with Crippen molar-refractivity contribution in [3.63, 3.8) is 0 Å². The monoisotopic (exact) mass is 319 g/mol. The van der Waals surface area contributed by atoms with Gasteiger partial charge in [-0.05, 0) is 0 Å². The third kappa shape index (κ3) is 1.87. The molecule has 0 saturated heterocycles. The van der Waals surface area contributed by atoms with E-state index in [1.165, 1.54) is 9.40 Å². The van der Waals surface area contributed by atoms with Crippen LogP contribution in [0.25, 0.3) is 9.40 Å². The van der Waals surface area contributed by atoms with Crippen LogP contribution < -0.4 is 8.63 Å². The Morgan fingerprint density at radius 1 is 1.08 bits per heavy atom. The van der Waals surface area contributed by atoms with Gasteiger partial charge in [-0.3, -0.25) is 0 Å². The molecule has 4 heteroatoms. The Hall–Kier alpha value is 0.259. The van der Waals surface area contributed by atoms with Crippen molar-refractivity contribution in [3.8, 4) is 0 Å². The van der Waals surface area contributed by atoms with Gasteiger partial charge < -0.3 is 0 Å². The van der Waals surface area contributed by atoms with E-state index in [9.17, 15) is 0 Å². The molecule has 0 fully saturated rings. The third-order valence-electron chi connectivity index (χ3n) is 1.97. The Morgan fingerprint density at radius 2 is 1.69 bits per heavy atom. The molecular formula is C9H13NS2Sn. The Balaban J connectivity index is 2.57. The van der Waals surface area contributed by atoms with Crippen molar-refractivity contribution < 1.29 is 0 Å². The summed E-state index contributed by atoms with van der Waals surface area (Å²) >= 11 is 1.84. The van der Waals surface area contributed by atoms with Crippen molar-refractivity contribution in [2.24, 2.45) is 0 Å². The summed E-state index contributed by atoms with van der Waals surface area (Å²) < 4.78 is 4.41. The summed E-state index contributed by atoms with van der Waals surface area (Å²) in [5.41, 5.74) is 5.74. The van der Waals surface area contributed by atoms with Crippen molar-refractivity contribution >= 4 is 58.3 Å². The Labute approximate surface area is 90.4 Å². The van der Waals surface area contributed by atoms with Gasteiger partial charge in [-0.15, -0.1) is 0 Å². The molecule has 2 aromatic heterocycles. The summed E-state index contributed by atoms with van der Waals surface area (Å²) in [6.07, 6.45) is 0. The topological polar surface area (TPSA) is 26.0 Å². The zero-order valence-electron chi connectivity index (χ0n) is 8.05. The maximum atomic E-state index is 5.74. The van der Waals surface area contributed by atoms with Crippen LogP contribution in [0.3, 0.4) is 0 Å². The Morgan fingerprint density at radius 3 is 2.23 bits per heavy atom. The van der Waals surface area contributed by atoms with E-state index in [1.807, 2.05) is 11.3 Å². The number of thiophene rings is 2. The molecule has 0 aliphatic carbocycles. The van der Waals surface area contributed by atoms with Gasteiger partial charge in [-0.1, -0.05) is 0 Å². The molecule has 1 nitrogen and oxygen atoms in total. The molecular weight excluding hydrogens is 305 g/mol. The van der Waals surface area contributed by atoms with Gasteiger partial charge in [0.2, 0.25) is 0 Å². The molecule has 0 unspecified atom stereocenters. The van der Waals surface area contributed by atoms with Crippen LogP contribution in [0.4, 0.5) is 5.00 Å². The van der Waals surface area contributed by atoms with E-state index in [0.717, 1.165) is 5.00 Å². The van der Waals surface area contributed by atoms with Gasteiger partial charge in [0, 0.05) is 0 Å². The molecule has 0 spiro atoms.